The average molecular weight is 380 g/mol. The molecule has 1 aliphatic heterocycles. The van der Waals surface area contributed by atoms with Crippen molar-refractivity contribution < 1.29 is 14.3 Å². The molecule has 2 aromatic carbocycles. The minimum absolute atomic E-state index is 0.234. The van der Waals surface area contributed by atoms with Crippen LogP contribution in [0.25, 0.3) is 0 Å². The first-order chi connectivity index (χ1) is 11.8. The third-order valence-electron chi connectivity index (χ3n) is 4.66. The van der Waals surface area contributed by atoms with Gasteiger partial charge in [-0.15, -0.1) is 6.58 Å². The number of aliphatic hydroxyl groups is 1. The van der Waals surface area contributed by atoms with Crippen LogP contribution in [0.4, 0.5) is 4.39 Å². The van der Waals surface area contributed by atoms with Crippen LogP contribution in [0, 0.1) is 5.82 Å². The summed E-state index contributed by atoms with van der Waals surface area (Å²) in [5, 5.41) is 12.2. The van der Waals surface area contributed by atoms with Gasteiger partial charge in [0, 0.05) is 24.1 Å². The van der Waals surface area contributed by atoms with Gasteiger partial charge >= 0.3 is 0 Å². The van der Waals surface area contributed by atoms with E-state index in [1.165, 1.54) is 30.1 Å². The number of carbonyl (C=O) groups excluding carboxylic acids is 1. The lowest BCUT2D eigenvalue weighted by atomic mass is 9.81. The predicted molar refractivity (Wildman–Crippen MR) is 96.4 cm³/mol. The highest BCUT2D eigenvalue weighted by atomic mass is 35.5. The van der Waals surface area contributed by atoms with E-state index in [1.54, 1.807) is 24.3 Å². The molecule has 0 bridgehead atoms. The summed E-state index contributed by atoms with van der Waals surface area (Å²) in [7, 11) is 1.49. The van der Waals surface area contributed by atoms with Crippen molar-refractivity contribution in [3.05, 3.63) is 81.6 Å². The van der Waals surface area contributed by atoms with E-state index < -0.39 is 17.5 Å². The van der Waals surface area contributed by atoms with Gasteiger partial charge in [0.15, 0.2) is 5.72 Å². The quantitative estimate of drug-likeness (QED) is 0.780. The van der Waals surface area contributed by atoms with Crippen LogP contribution in [0.15, 0.2) is 49.1 Å². The maximum Gasteiger partial charge on any atom is 0.256 e. The largest absolute Gasteiger partial charge is 0.366 e. The molecule has 2 aromatic rings. The summed E-state index contributed by atoms with van der Waals surface area (Å²) < 4.78 is 13.8. The Balaban J connectivity index is 2.22. The summed E-state index contributed by atoms with van der Waals surface area (Å²) in [6.45, 7) is 3.74. The Morgan fingerprint density at radius 3 is 2.64 bits per heavy atom. The normalized spacial score (nSPS) is 20.5. The Morgan fingerprint density at radius 1 is 1.28 bits per heavy atom. The molecular weight excluding hydrogens is 364 g/mol. The molecule has 0 radical (unpaired) electrons. The van der Waals surface area contributed by atoms with Gasteiger partial charge in [-0.05, 0) is 42.3 Å². The van der Waals surface area contributed by atoms with Crippen molar-refractivity contribution in [2.24, 2.45) is 0 Å². The molecule has 2 unspecified atom stereocenters. The lowest BCUT2D eigenvalue weighted by molar-refractivity contribution is -0.0936. The SMILES string of the molecule is C=CCC(c1ccc(Cl)c(Cl)c1)C1(O)c2cc(F)ccc2C(=O)N1C. The molecule has 0 aliphatic carbocycles. The Bertz CT molecular complexity index is 870. The summed E-state index contributed by atoms with van der Waals surface area (Å²) in [6.07, 6.45) is 1.99. The smallest absolute Gasteiger partial charge is 0.256 e. The first kappa shape index (κ1) is 17.9. The number of hydrogen-bond donors (Lipinski definition) is 1. The zero-order chi connectivity index (χ0) is 18.4. The average Bonchev–Trinajstić information content (AvgIpc) is 2.77. The highest BCUT2D eigenvalue weighted by Gasteiger charge is 2.52. The fourth-order valence-electron chi connectivity index (χ4n) is 3.37. The number of carbonyl (C=O) groups is 1. The van der Waals surface area contributed by atoms with Crippen molar-refractivity contribution in [3.8, 4) is 0 Å². The van der Waals surface area contributed by atoms with E-state index in [2.05, 4.69) is 6.58 Å². The second kappa shape index (κ2) is 6.45. The molecule has 3 rings (SSSR count). The molecule has 0 aromatic heterocycles. The topological polar surface area (TPSA) is 40.5 Å². The van der Waals surface area contributed by atoms with Crippen molar-refractivity contribution in [2.75, 3.05) is 7.05 Å². The molecule has 1 heterocycles. The van der Waals surface area contributed by atoms with Crippen LogP contribution in [0.3, 0.4) is 0 Å². The Morgan fingerprint density at radius 2 is 2.00 bits per heavy atom. The Kier molecular flexibility index (Phi) is 4.62. The van der Waals surface area contributed by atoms with Gasteiger partial charge in [0.05, 0.1) is 10.0 Å². The molecule has 3 nitrogen and oxygen atoms in total. The molecular formula is C19H16Cl2FNO2. The molecule has 6 heteroatoms. The molecule has 0 spiro atoms. The number of amides is 1. The molecule has 1 aliphatic rings. The molecule has 130 valence electrons. The number of rotatable bonds is 4. The molecule has 0 fully saturated rings. The second-order valence-electron chi connectivity index (χ2n) is 6.03. The number of fused-ring (bicyclic) bond motifs is 1. The highest BCUT2D eigenvalue weighted by Crippen LogP contribution is 2.48. The summed E-state index contributed by atoms with van der Waals surface area (Å²) >= 11 is 12.1. The van der Waals surface area contributed by atoms with Crippen LogP contribution in [-0.2, 0) is 5.72 Å². The zero-order valence-electron chi connectivity index (χ0n) is 13.5. The standard InChI is InChI=1S/C19H16Cl2FNO2/c1-3-4-14(11-5-8-16(20)17(21)9-11)19(25)15-10-12(22)6-7-13(15)18(24)23(19)2/h3,5-10,14,25H,1,4H2,2H3. The summed E-state index contributed by atoms with van der Waals surface area (Å²) in [6, 6.07) is 8.80. The van der Waals surface area contributed by atoms with E-state index in [9.17, 15) is 14.3 Å². The highest BCUT2D eigenvalue weighted by molar-refractivity contribution is 6.42. The van der Waals surface area contributed by atoms with Crippen LogP contribution in [0.1, 0.15) is 33.8 Å². The van der Waals surface area contributed by atoms with Crippen molar-refractivity contribution in [2.45, 2.75) is 18.1 Å². The molecule has 0 saturated heterocycles. The minimum atomic E-state index is -1.72. The molecule has 1 N–H and O–H groups in total. The van der Waals surface area contributed by atoms with Gasteiger partial charge in [0.1, 0.15) is 5.82 Å². The first-order valence-corrected chi connectivity index (χ1v) is 8.42. The van der Waals surface area contributed by atoms with Gasteiger partial charge in [-0.1, -0.05) is 35.3 Å². The van der Waals surface area contributed by atoms with Crippen molar-refractivity contribution in [3.63, 3.8) is 0 Å². The molecule has 25 heavy (non-hydrogen) atoms. The van der Waals surface area contributed by atoms with Crippen LogP contribution in [0.2, 0.25) is 10.0 Å². The maximum atomic E-state index is 13.8. The van der Waals surface area contributed by atoms with Gasteiger partial charge in [-0.3, -0.25) is 4.79 Å². The van der Waals surface area contributed by atoms with Gasteiger partial charge < -0.3 is 10.0 Å². The van der Waals surface area contributed by atoms with Crippen LogP contribution in [-0.4, -0.2) is 23.0 Å². The lowest BCUT2D eigenvalue weighted by Crippen LogP contribution is -2.45. The van der Waals surface area contributed by atoms with Crippen LogP contribution < -0.4 is 0 Å². The van der Waals surface area contributed by atoms with E-state index in [1.807, 2.05) is 0 Å². The number of likely N-dealkylation sites (N-methyl/N-ethyl adjacent to an activating group) is 1. The minimum Gasteiger partial charge on any atom is -0.366 e. The Labute approximate surface area is 155 Å². The van der Waals surface area contributed by atoms with E-state index in [-0.39, 0.29) is 17.0 Å². The predicted octanol–water partition coefficient (Wildman–Crippen LogP) is 4.72. The number of nitrogens with zero attached hydrogens (tertiary/aromatic N) is 1. The third kappa shape index (κ3) is 2.74. The van der Waals surface area contributed by atoms with Gasteiger partial charge in [0.25, 0.3) is 5.91 Å². The van der Waals surface area contributed by atoms with Crippen molar-refractivity contribution in [1.29, 1.82) is 0 Å². The van der Waals surface area contributed by atoms with E-state index in [0.29, 0.717) is 22.0 Å². The van der Waals surface area contributed by atoms with Crippen molar-refractivity contribution in [1.82, 2.24) is 4.90 Å². The second-order valence-corrected chi connectivity index (χ2v) is 6.85. The number of halogens is 3. The summed E-state index contributed by atoms with van der Waals surface area (Å²) in [5.74, 6) is -1.48. The van der Waals surface area contributed by atoms with Gasteiger partial charge in [0.2, 0.25) is 0 Å². The summed E-state index contributed by atoms with van der Waals surface area (Å²) in [5.41, 5.74) is -0.535. The monoisotopic (exact) mass is 379 g/mol. The van der Waals surface area contributed by atoms with E-state index >= 15 is 0 Å². The fourth-order valence-corrected chi connectivity index (χ4v) is 3.68. The fraction of sp³-hybridized carbons (Fsp3) is 0.211. The Hall–Kier alpha value is -1.88. The van der Waals surface area contributed by atoms with Gasteiger partial charge in [-0.25, -0.2) is 4.39 Å². The molecule has 0 saturated carbocycles. The van der Waals surface area contributed by atoms with Crippen LogP contribution in [0.5, 0.6) is 0 Å². The molecule has 1 amide bonds. The van der Waals surface area contributed by atoms with Crippen molar-refractivity contribution >= 4 is 29.1 Å². The third-order valence-corrected chi connectivity index (χ3v) is 5.40. The van der Waals surface area contributed by atoms with Crippen LogP contribution >= 0.6 is 23.2 Å². The first-order valence-electron chi connectivity index (χ1n) is 7.67. The van der Waals surface area contributed by atoms with E-state index in [4.69, 9.17) is 23.2 Å². The lowest BCUT2D eigenvalue weighted by Gasteiger charge is -2.39. The van der Waals surface area contributed by atoms with E-state index in [0.717, 1.165) is 0 Å². The molecule has 2 atom stereocenters. The number of benzene rings is 2. The number of allylic oxidation sites excluding steroid dienone is 1. The summed E-state index contributed by atoms with van der Waals surface area (Å²) in [4.78, 5) is 13.8. The van der Waals surface area contributed by atoms with Gasteiger partial charge in [-0.2, -0.15) is 0 Å². The zero-order valence-corrected chi connectivity index (χ0v) is 15.0. The number of hydrogen-bond acceptors (Lipinski definition) is 2. The maximum absolute atomic E-state index is 13.8.